The standard InChI is InChI=1S/C20H19ClFN5O5/c1-9-3-5-11(6-4-9)19(29)30-7-12-13(22)15(31-10(2)28)18(32-12)27-8-24-14-16(21)25-20(23)26-17(14)27/h3-6,8,12-13,15,18H,7H2,1-2H3,(H2,23,25,26)/t12-,13-,15-,18-/m1/s1. The Morgan fingerprint density at radius 1 is 1.28 bits per heavy atom. The number of halogens is 2. The lowest BCUT2D eigenvalue weighted by molar-refractivity contribution is -0.154. The normalized spacial score (nSPS) is 22.8. The van der Waals surface area contributed by atoms with Crippen molar-refractivity contribution in [1.29, 1.82) is 0 Å². The maximum Gasteiger partial charge on any atom is 0.338 e. The van der Waals surface area contributed by atoms with Crippen molar-refractivity contribution in [1.82, 2.24) is 19.5 Å². The second-order valence-electron chi connectivity index (χ2n) is 7.24. The predicted octanol–water partition coefficient (Wildman–Crippen LogP) is 2.39. The minimum absolute atomic E-state index is 0.00802. The van der Waals surface area contributed by atoms with Gasteiger partial charge in [-0.05, 0) is 19.1 Å². The van der Waals surface area contributed by atoms with E-state index in [2.05, 4.69) is 15.0 Å². The van der Waals surface area contributed by atoms with Gasteiger partial charge >= 0.3 is 11.9 Å². The molecule has 0 bridgehead atoms. The summed E-state index contributed by atoms with van der Waals surface area (Å²) in [6, 6.07) is 6.73. The number of benzene rings is 1. The number of alkyl halides is 1. The van der Waals surface area contributed by atoms with Crippen LogP contribution in [-0.2, 0) is 19.0 Å². The highest BCUT2D eigenvalue weighted by Crippen LogP contribution is 2.36. The Balaban J connectivity index is 1.57. The monoisotopic (exact) mass is 463 g/mol. The van der Waals surface area contributed by atoms with Gasteiger partial charge in [0.15, 0.2) is 29.3 Å². The molecule has 4 rings (SSSR count). The van der Waals surface area contributed by atoms with Crippen LogP contribution in [0.2, 0.25) is 5.15 Å². The zero-order chi connectivity index (χ0) is 23.0. The maximum absolute atomic E-state index is 15.2. The molecule has 12 heteroatoms. The molecule has 4 atom stereocenters. The third-order valence-corrected chi connectivity index (χ3v) is 5.17. The molecule has 0 spiro atoms. The molecule has 32 heavy (non-hydrogen) atoms. The van der Waals surface area contributed by atoms with Crippen LogP contribution in [-0.4, -0.2) is 56.4 Å². The van der Waals surface area contributed by atoms with E-state index in [-0.39, 0.29) is 22.3 Å². The van der Waals surface area contributed by atoms with Gasteiger partial charge in [0.1, 0.15) is 18.2 Å². The fourth-order valence-electron chi connectivity index (χ4n) is 3.39. The van der Waals surface area contributed by atoms with Crippen LogP contribution in [0.5, 0.6) is 0 Å². The molecule has 3 heterocycles. The number of imidazole rings is 1. The number of anilines is 1. The Morgan fingerprint density at radius 2 is 2.00 bits per heavy atom. The van der Waals surface area contributed by atoms with Gasteiger partial charge in [0.25, 0.3) is 0 Å². The quantitative estimate of drug-likeness (QED) is 0.447. The van der Waals surface area contributed by atoms with Crippen LogP contribution >= 0.6 is 11.6 Å². The lowest BCUT2D eigenvalue weighted by Crippen LogP contribution is -2.34. The molecule has 0 radical (unpaired) electrons. The van der Waals surface area contributed by atoms with Crippen molar-refractivity contribution in [2.45, 2.75) is 38.5 Å². The fraction of sp³-hybridized carbons (Fsp3) is 0.350. The van der Waals surface area contributed by atoms with E-state index in [1.165, 1.54) is 10.9 Å². The average molecular weight is 464 g/mol. The second-order valence-corrected chi connectivity index (χ2v) is 7.60. The molecular weight excluding hydrogens is 445 g/mol. The van der Waals surface area contributed by atoms with Crippen molar-refractivity contribution in [3.63, 3.8) is 0 Å². The zero-order valence-corrected chi connectivity index (χ0v) is 17.8. The van der Waals surface area contributed by atoms with Gasteiger partial charge in [-0.2, -0.15) is 9.97 Å². The van der Waals surface area contributed by atoms with Gasteiger partial charge in [0, 0.05) is 6.92 Å². The zero-order valence-electron chi connectivity index (χ0n) is 17.1. The first-order valence-corrected chi connectivity index (χ1v) is 9.98. The van der Waals surface area contributed by atoms with Crippen LogP contribution in [0.1, 0.15) is 29.1 Å². The fourth-order valence-corrected chi connectivity index (χ4v) is 3.61. The number of rotatable bonds is 5. The van der Waals surface area contributed by atoms with Crippen LogP contribution < -0.4 is 5.73 Å². The molecule has 0 unspecified atom stereocenters. The van der Waals surface area contributed by atoms with Crippen molar-refractivity contribution in [3.8, 4) is 0 Å². The first-order valence-electron chi connectivity index (χ1n) is 9.60. The van der Waals surface area contributed by atoms with Gasteiger partial charge in [-0.15, -0.1) is 0 Å². The SMILES string of the molecule is CC(=O)O[C@@H]1[C@H](F)[C@@H](COC(=O)c2ccc(C)cc2)O[C@H]1n1cnc2c(Cl)nc(N)nc21. The van der Waals surface area contributed by atoms with E-state index >= 15 is 4.39 Å². The average Bonchev–Trinajstić information content (AvgIpc) is 3.28. The second kappa shape index (κ2) is 8.67. The van der Waals surface area contributed by atoms with Crippen LogP contribution in [0.25, 0.3) is 11.2 Å². The number of hydrogen-bond donors (Lipinski definition) is 1. The molecule has 0 amide bonds. The smallest absolute Gasteiger partial charge is 0.338 e. The molecule has 3 aromatic rings. The number of aromatic nitrogens is 4. The molecule has 1 aliphatic heterocycles. The van der Waals surface area contributed by atoms with Gasteiger partial charge in [0.2, 0.25) is 5.95 Å². The third kappa shape index (κ3) is 4.21. The van der Waals surface area contributed by atoms with Crippen LogP contribution in [0.3, 0.4) is 0 Å². The number of carbonyl (C=O) groups is 2. The van der Waals surface area contributed by atoms with Crippen LogP contribution in [0.15, 0.2) is 30.6 Å². The molecule has 2 N–H and O–H groups in total. The molecule has 0 saturated carbocycles. The third-order valence-electron chi connectivity index (χ3n) is 4.90. The Hall–Kier alpha value is -3.31. The number of nitrogens with zero attached hydrogens (tertiary/aromatic N) is 4. The van der Waals surface area contributed by atoms with Gasteiger partial charge < -0.3 is 19.9 Å². The Morgan fingerprint density at radius 3 is 2.69 bits per heavy atom. The summed E-state index contributed by atoms with van der Waals surface area (Å²) in [5.41, 5.74) is 7.35. The van der Waals surface area contributed by atoms with E-state index < -0.39 is 43.2 Å². The van der Waals surface area contributed by atoms with Gasteiger partial charge in [-0.1, -0.05) is 29.3 Å². The van der Waals surface area contributed by atoms with Crippen molar-refractivity contribution in [2.24, 2.45) is 0 Å². The van der Waals surface area contributed by atoms with Crippen molar-refractivity contribution in [3.05, 3.63) is 46.9 Å². The lowest BCUT2D eigenvalue weighted by Gasteiger charge is -2.20. The Labute approximate surface area is 186 Å². The molecule has 1 aromatic carbocycles. The van der Waals surface area contributed by atoms with Gasteiger partial charge in [-0.3, -0.25) is 9.36 Å². The summed E-state index contributed by atoms with van der Waals surface area (Å²) in [5.74, 6) is -1.46. The number of aryl methyl sites for hydroxylation is 1. The summed E-state index contributed by atoms with van der Waals surface area (Å²) >= 11 is 6.05. The maximum atomic E-state index is 15.2. The molecular formula is C20H19ClFN5O5. The number of esters is 2. The summed E-state index contributed by atoms with van der Waals surface area (Å²) in [6.07, 6.45) is -4.18. The largest absolute Gasteiger partial charge is 0.459 e. The Kier molecular flexibility index (Phi) is 5.94. The first-order chi connectivity index (χ1) is 15.2. The molecule has 1 saturated heterocycles. The topological polar surface area (TPSA) is 131 Å². The van der Waals surface area contributed by atoms with E-state index in [9.17, 15) is 9.59 Å². The van der Waals surface area contributed by atoms with E-state index in [0.717, 1.165) is 12.5 Å². The van der Waals surface area contributed by atoms with Crippen molar-refractivity contribution < 1.29 is 28.2 Å². The van der Waals surface area contributed by atoms with Gasteiger partial charge in [0.05, 0.1) is 11.9 Å². The summed E-state index contributed by atoms with van der Waals surface area (Å²) in [7, 11) is 0. The number of fused-ring (bicyclic) bond motifs is 1. The highest BCUT2D eigenvalue weighted by molar-refractivity contribution is 6.33. The number of carbonyl (C=O) groups excluding carboxylic acids is 2. The first kappa shape index (κ1) is 21.9. The number of ether oxygens (including phenoxy) is 3. The summed E-state index contributed by atoms with van der Waals surface area (Å²) in [6.45, 7) is 2.64. The summed E-state index contributed by atoms with van der Waals surface area (Å²) < 4.78 is 32.7. The minimum Gasteiger partial charge on any atom is -0.459 e. The van der Waals surface area contributed by atoms with Crippen molar-refractivity contribution >= 4 is 40.7 Å². The Bertz CT molecular complexity index is 1170. The summed E-state index contributed by atoms with van der Waals surface area (Å²) in [5, 5.41) is 0.00802. The van der Waals surface area contributed by atoms with E-state index in [1.807, 2.05) is 6.92 Å². The van der Waals surface area contributed by atoms with Crippen LogP contribution in [0.4, 0.5) is 10.3 Å². The molecule has 1 fully saturated rings. The number of nitrogen functional groups attached to an aromatic ring is 1. The van der Waals surface area contributed by atoms with E-state index in [0.29, 0.717) is 5.56 Å². The number of nitrogens with two attached hydrogens (primary N) is 1. The number of hydrogen-bond acceptors (Lipinski definition) is 9. The highest BCUT2D eigenvalue weighted by atomic mass is 35.5. The predicted molar refractivity (Wildman–Crippen MR) is 111 cm³/mol. The lowest BCUT2D eigenvalue weighted by atomic mass is 10.1. The van der Waals surface area contributed by atoms with Crippen LogP contribution in [0, 0.1) is 6.92 Å². The molecule has 168 valence electrons. The minimum atomic E-state index is -1.79. The van der Waals surface area contributed by atoms with Gasteiger partial charge in [-0.25, -0.2) is 14.2 Å². The highest BCUT2D eigenvalue weighted by Gasteiger charge is 2.49. The molecule has 1 aliphatic rings. The molecule has 10 nitrogen and oxygen atoms in total. The van der Waals surface area contributed by atoms with E-state index in [4.69, 9.17) is 31.5 Å². The molecule has 2 aromatic heterocycles. The van der Waals surface area contributed by atoms with E-state index in [1.54, 1.807) is 24.3 Å². The summed E-state index contributed by atoms with van der Waals surface area (Å²) in [4.78, 5) is 35.9. The van der Waals surface area contributed by atoms with Crippen molar-refractivity contribution in [2.75, 3.05) is 12.3 Å². The molecule has 0 aliphatic carbocycles.